The largest absolute Gasteiger partial charge is 0.331 e. The quantitative estimate of drug-likeness (QED) is 0.728. The predicted octanol–water partition coefficient (Wildman–Crippen LogP) is 4.34. The molecule has 0 fully saturated rings. The van der Waals surface area contributed by atoms with Crippen LogP contribution in [0.4, 0.5) is 5.69 Å². The fraction of sp³-hybridized carbons (Fsp3) is 0.333. The van der Waals surface area contributed by atoms with Gasteiger partial charge in [0.15, 0.2) is 0 Å². The molecule has 0 unspecified atom stereocenters. The van der Waals surface area contributed by atoms with Crippen LogP contribution in [-0.2, 0) is 24.7 Å². The minimum atomic E-state index is 0.0505. The second-order valence-corrected chi connectivity index (χ2v) is 6.92. The molecule has 0 aliphatic rings. The second kappa shape index (κ2) is 7.51. The zero-order valence-electron chi connectivity index (χ0n) is 15.1. The molecule has 4 heteroatoms. The molecule has 1 N–H and O–H groups in total. The lowest BCUT2D eigenvalue weighted by Gasteiger charge is -2.07. The minimum Gasteiger partial charge on any atom is -0.331 e. The van der Waals surface area contributed by atoms with Gasteiger partial charge in [-0.15, -0.1) is 0 Å². The molecule has 0 spiro atoms. The van der Waals surface area contributed by atoms with Crippen molar-refractivity contribution in [3.63, 3.8) is 0 Å². The number of hydrogen-bond acceptors (Lipinski definition) is 2. The summed E-state index contributed by atoms with van der Waals surface area (Å²) in [7, 11) is 2.05. The van der Waals surface area contributed by atoms with Gasteiger partial charge in [0.1, 0.15) is 5.82 Å². The SMILES string of the molecule is CC(C)CC(=O)Nc1ccc2c(c1)nc(CCc1ccccc1)n2C. The summed E-state index contributed by atoms with van der Waals surface area (Å²) in [6, 6.07) is 16.4. The van der Waals surface area contributed by atoms with Gasteiger partial charge in [-0.25, -0.2) is 4.98 Å². The zero-order chi connectivity index (χ0) is 17.8. The van der Waals surface area contributed by atoms with Gasteiger partial charge in [0, 0.05) is 25.6 Å². The maximum absolute atomic E-state index is 12.0. The van der Waals surface area contributed by atoms with E-state index in [2.05, 4.69) is 34.1 Å². The standard InChI is InChI=1S/C21H25N3O/c1-15(2)13-21(25)22-17-10-11-19-18(14-17)23-20(24(19)3)12-9-16-7-5-4-6-8-16/h4-8,10-11,14-15H,9,12-13H2,1-3H3,(H,22,25). The summed E-state index contributed by atoms with van der Waals surface area (Å²) in [5, 5.41) is 2.96. The number of imidazole rings is 1. The molecule has 0 aliphatic carbocycles. The number of benzene rings is 2. The molecule has 0 radical (unpaired) electrons. The summed E-state index contributed by atoms with van der Waals surface area (Å²) in [5.41, 5.74) is 4.14. The first kappa shape index (κ1) is 17.2. The van der Waals surface area contributed by atoms with Gasteiger partial charge in [-0.2, -0.15) is 0 Å². The molecule has 0 atom stereocenters. The number of hydrogen-bond donors (Lipinski definition) is 1. The number of nitrogens with zero attached hydrogens (tertiary/aromatic N) is 2. The molecular weight excluding hydrogens is 310 g/mol. The highest BCUT2D eigenvalue weighted by atomic mass is 16.1. The Hall–Kier alpha value is -2.62. The van der Waals surface area contributed by atoms with E-state index in [1.165, 1.54) is 5.56 Å². The fourth-order valence-electron chi connectivity index (χ4n) is 3.03. The summed E-state index contributed by atoms with van der Waals surface area (Å²) < 4.78 is 2.14. The molecule has 1 aromatic heterocycles. The van der Waals surface area contributed by atoms with Crippen LogP contribution < -0.4 is 5.32 Å². The number of aryl methyl sites for hydroxylation is 3. The third-order valence-electron chi connectivity index (χ3n) is 4.33. The van der Waals surface area contributed by atoms with Gasteiger partial charge < -0.3 is 9.88 Å². The van der Waals surface area contributed by atoms with E-state index in [0.717, 1.165) is 35.4 Å². The average Bonchev–Trinajstić information content (AvgIpc) is 2.88. The number of nitrogens with one attached hydrogen (secondary N) is 1. The van der Waals surface area contributed by atoms with Gasteiger partial charge in [-0.3, -0.25) is 4.79 Å². The number of aromatic nitrogens is 2. The Morgan fingerprint density at radius 3 is 2.60 bits per heavy atom. The van der Waals surface area contributed by atoms with Crippen molar-refractivity contribution in [2.24, 2.45) is 13.0 Å². The van der Waals surface area contributed by atoms with Crippen molar-refractivity contribution in [1.29, 1.82) is 0 Å². The zero-order valence-corrected chi connectivity index (χ0v) is 15.1. The number of amides is 1. The van der Waals surface area contributed by atoms with Crippen LogP contribution in [0.15, 0.2) is 48.5 Å². The van der Waals surface area contributed by atoms with Crippen LogP contribution in [0.3, 0.4) is 0 Å². The van der Waals surface area contributed by atoms with Crippen LogP contribution >= 0.6 is 0 Å². The van der Waals surface area contributed by atoms with E-state index in [1.54, 1.807) is 0 Å². The molecule has 4 nitrogen and oxygen atoms in total. The number of rotatable bonds is 6. The molecule has 0 saturated heterocycles. The maximum atomic E-state index is 12.0. The van der Waals surface area contributed by atoms with Gasteiger partial charge in [0.25, 0.3) is 0 Å². The van der Waals surface area contributed by atoms with E-state index in [4.69, 9.17) is 4.98 Å². The molecule has 1 amide bonds. The summed E-state index contributed by atoms with van der Waals surface area (Å²) in [5.74, 6) is 1.46. The Morgan fingerprint density at radius 2 is 1.88 bits per heavy atom. The van der Waals surface area contributed by atoms with Crippen molar-refractivity contribution in [3.8, 4) is 0 Å². The molecule has 25 heavy (non-hydrogen) atoms. The molecule has 0 saturated carbocycles. The minimum absolute atomic E-state index is 0.0505. The van der Waals surface area contributed by atoms with E-state index in [-0.39, 0.29) is 5.91 Å². The van der Waals surface area contributed by atoms with Crippen molar-refractivity contribution in [2.45, 2.75) is 33.1 Å². The third kappa shape index (κ3) is 4.27. The van der Waals surface area contributed by atoms with Gasteiger partial charge in [0.05, 0.1) is 11.0 Å². The molecule has 3 rings (SSSR count). The van der Waals surface area contributed by atoms with Crippen LogP contribution in [0.5, 0.6) is 0 Å². The predicted molar refractivity (Wildman–Crippen MR) is 103 cm³/mol. The van der Waals surface area contributed by atoms with Crippen molar-refractivity contribution < 1.29 is 4.79 Å². The Morgan fingerprint density at radius 1 is 1.12 bits per heavy atom. The molecule has 3 aromatic rings. The summed E-state index contributed by atoms with van der Waals surface area (Å²) >= 11 is 0. The van der Waals surface area contributed by atoms with Crippen LogP contribution in [-0.4, -0.2) is 15.5 Å². The lowest BCUT2D eigenvalue weighted by atomic mass is 10.1. The van der Waals surface area contributed by atoms with E-state index in [9.17, 15) is 4.79 Å². The van der Waals surface area contributed by atoms with E-state index in [0.29, 0.717) is 12.3 Å². The molecule has 2 aromatic carbocycles. The Kier molecular flexibility index (Phi) is 5.17. The average molecular weight is 335 g/mol. The van der Waals surface area contributed by atoms with Crippen LogP contribution in [0, 0.1) is 5.92 Å². The van der Waals surface area contributed by atoms with Crippen molar-refractivity contribution >= 4 is 22.6 Å². The molecular formula is C21H25N3O. The first-order chi connectivity index (χ1) is 12.0. The first-order valence-electron chi connectivity index (χ1n) is 8.82. The van der Waals surface area contributed by atoms with Gasteiger partial charge in [0.2, 0.25) is 5.91 Å². The van der Waals surface area contributed by atoms with Crippen molar-refractivity contribution in [3.05, 3.63) is 59.9 Å². The summed E-state index contributed by atoms with van der Waals surface area (Å²) in [6.45, 7) is 4.08. The van der Waals surface area contributed by atoms with Crippen LogP contribution in [0.2, 0.25) is 0 Å². The third-order valence-corrected chi connectivity index (χ3v) is 4.33. The number of carbonyl (C=O) groups is 1. The molecule has 0 aliphatic heterocycles. The highest BCUT2D eigenvalue weighted by Gasteiger charge is 2.10. The Balaban J connectivity index is 1.75. The maximum Gasteiger partial charge on any atom is 0.224 e. The lowest BCUT2D eigenvalue weighted by molar-refractivity contribution is -0.116. The van der Waals surface area contributed by atoms with Gasteiger partial charge in [-0.05, 0) is 36.1 Å². The number of anilines is 1. The smallest absolute Gasteiger partial charge is 0.224 e. The van der Waals surface area contributed by atoms with Gasteiger partial charge in [-0.1, -0.05) is 44.2 Å². The molecule has 0 bridgehead atoms. The fourth-order valence-corrected chi connectivity index (χ4v) is 3.03. The Bertz CT molecular complexity index is 865. The Labute approximate surface area is 148 Å². The van der Waals surface area contributed by atoms with E-state index >= 15 is 0 Å². The molecule has 1 heterocycles. The monoisotopic (exact) mass is 335 g/mol. The normalized spacial score (nSPS) is 11.2. The number of carbonyl (C=O) groups excluding carboxylic acids is 1. The van der Waals surface area contributed by atoms with Crippen LogP contribution in [0.1, 0.15) is 31.7 Å². The van der Waals surface area contributed by atoms with E-state index < -0.39 is 0 Å². The summed E-state index contributed by atoms with van der Waals surface area (Å²) in [4.78, 5) is 16.7. The van der Waals surface area contributed by atoms with Gasteiger partial charge >= 0.3 is 0 Å². The van der Waals surface area contributed by atoms with Crippen molar-refractivity contribution in [2.75, 3.05) is 5.32 Å². The number of fused-ring (bicyclic) bond motifs is 1. The van der Waals surface area contributed by atoms with E-state index in [1.807, 2.05) is 45.2 Å². The highest BCUT2D eigenvalue weighted by molar-refractivity contribution is 5.93. The lowest BCUT2D eigenvalue weighted by Crippen LogP contribution is -2.13. The molecule has 130 valence electrons. The van der Waals surface area contributed by atoms with Crippen molar-refractivity contribution in [1.82, 2.24) is 9.55 Å². The topological polar surface area (TPSA) is 46.9 Å². The summed E-state index contributed by atoms with van der Waals surface area (Å²) in [6.07, 6.45) is 2.39. The second-order valence-electron chi connectivity index (χ2n) is 6.92. The highest BCUT2D eigenvalue weighted by Crippen LogP contribution is 2.21. The van der Waals surface area contributed by atoms with Crippen LogP contribution in [0.25, 0.3) is 11.0 Å². The first-order valence-corrected chi connectivity index (χ1v) is 8.82.